The van der Waals surface area contributed by atoms with Crippen LogP contribution in [-0.4, -0.2) is 11.1 Å². The van der Waals surface area contributed by atoms with E-state index in [0.717, 1.165) is 12.8 Å². The van der Waals surface area contributed by atoms with Crippen LogP contribution in [-0.2, 0) is 10.8 Å². The van der Waals surface area contributed by atoms with Crippen molar-refractivity contribution in [1.82, 2.24) is 0 Å². The van der Waals surface area contributed by atoms with Crippen molar-refractivity contribution in [3.05, 3.63) is 81.9 Å². The van der Waals surface area contributed by atoms with Gasteiger partial charge in [-0.05, 0) is 89.3 Å². The highest BCUT2D eigenvalue weighted by atomic mass is 16.4. The molecule has 2 aromatic rings. The van der Waals surface area contributed by atoms with Crippen molar-refractivity contribution in [3.8, 4) is 0 Å². The number of allylic oxidation sites excluding steroid dienone is 1. The molecule has 30 heavy (non-hydrogen) atoms. The largest absolute Gasteiger partial charge is 0.478 e. The van der Waals surface area contributed by atoms with Gasteiger partial charge in [0.15, 0.2) is 0 Å². The van der Waals surface area contributed by atoms with E-state index in [0.29, 0.717) is 17.4 Å². The number of fused-ring (bicyclic) bond motifs is 1. The van der Waals surface area contributed by atoms with Gasteiger partial charge in [-0.1, -0.05) is 64.1 Å². The topological polar surface area (TPSA) is 37.3 Å². The average Bonchev–Trinajstić information content (AvgIpc) is 3.06. The molecule has 2 unspecified atom stereocenters. The molecule has 158 valence electrons. The standard InChI is InChI=1S/C28H34O2/c1-17-7-12-21(19-8-10-20(11-9-19)26(29)30)25(17)22-16-24-23(15-18(22)2)27(3,4)13-14-28(24,5)6/h8-11,15-16,21,25H,1,7,12-14H2,2-6H3,(H,29,30). The molecule has 0 aliphatic heterocycles. The summed E-state index contributed by atoms with van der Waals surface area (Å²) in [6.45, 7) is 16.2. The maximum Gasteiger partial charge on any atom is 0.335 e. The van der Waals surface area contributed by atoms with Gasteiger partial charge in [0.25, 0.3) is 0 Å². The second kappa shape index (κ2) is 7.11. The Morgan fingerprint density at radius 1 is 1.00 bits per heavy atom. The second-order valence-electron chi connectivity index (χ2n) is 10.7. The van der Waals surface area contributed by atoms with Crippen LogP contribution in [0.3, 0.4) is 0 Å². The third-order valence-corrected chi connectivity index (χ3v) is 7.78. The first-order valence-electron chi connectivity index (χ1n) is 11.2. The van der Waals surface area contributed by atoms with Crippen LogP contribution in [0.15, 0.2) is 48.6 Å². The zero-order chi connectivity index (χ0) is 21.8. The summed E-state index contributed by atoms with van der Waals surface area (Å²) in [7, 11) is 0. The zero-order valence-electron chi connectivity index (χ0n) is 19.0. The van der Waals surface area contributed by atoms with E-state index in [1.54, 1.807) is 12.1 Å². The molecule has 0 bridgehead atoms. The Morgan fingerprint density at radius 2 is 1.57 bits per heavy atom. The highest BCUT2D eigenvalue weighted by molar-refractivity contribution is 5.87. The molecule has 2 heteroatoms. The van der Waals surface area contributed by atoms with Gasteiger partial charge in [0.05, 0.1) is 5.56 Å². The minimum absolute atomic E-state index is 0.186. The number of carbonyl (C=O) groups is 1. The monoisotopic (exact) mass is 402 g/mol. The summed E-state index contributed by atoms with van der Waals surface area (Å²) >= 11 is 0. The molecule has 1 fully saturated rings. The van der Waals surface area contributed by atoms with Crippen LogP contribution in [0.2, 0.25) is 0 Å². The zero-order valence-corrected chi connectivity index (χ0v) is 19.0. The van der Waals surface area contributed by atoms with Crippen molar-refractivity contribution in [1.29, 1.82) is 0 Å². The van der Waals surface area contributed by atoms with Crippen LogP contribution in [0, 0.1) is 6.92 Å². The minimum atomic E-state index is -0.871. The van der Waals surface area contributed by atoms with Crippen molar-refractivity contribution in [2.24, 2.45) is 0 Å². The number of carboxylic acid groups (broad SMARTS) is 1. The van der Waals surface area contributed by atoms with E-state index in [9.17, 15) is 9.90 Å². The Balaban J connectivity index is 1.80. The highest BCUT2D eigenvalue weighted by Crippen LogP contribution is 2.52. The fraction of sp³-hybridized carbons (Fsp3) is 0.464. The Morgan fingerprint density at radius 3 is 2.13 bits per heavy atom. The van der Waals surface area contributed by atoms with E-state index in [1.807, 2.05) is 12.1 Å². The van der Waals surface area contributed by atoms with Crippen LogP contribution >= 0.6 is 0 Å². The number of hydrogen-bond acceptors (Lipinski definition) is 1. The molecular formula is C28H34O2. The first-order chi connectivity index (χ1) is 14.0. The van der Waals surface area contributed by atoms with Crippen LogP contribution < -0.4 is 0 Å². The lowest BCUT2D eigenvalue weighted by Crippen LogP contribution is -2.34. The fourth-order valence-corrected chi connectivity index (χ4v) is 5.69. The van der Waals surface area contributed by atoms with E-state index in [4.69, 9.17) is 0 Å². The second-order valence-corrected chi connectivity index (χ2v) is 10.7. The van der Waals surface area contributed by atoms with E-state index >= 15 is 0 Å². The van der Waals surface area contributed by atoms with Gasteiger partial charge in [-0.15, -0.1) is 0 Å². The fourth-order valence-electron chi connectivity index (χ4n) is 5.69. The average molecular weight is 403 g/mol. The summed E-state index contributed by atoms with van der Waals surface area (Å²) in [5.41, 5.74) is 9.05. The smallest absolute Gasteiger partial charge is 0.335 e. The number of hydrogen-bond donors (Lipinski definition) is 1. The van der Waals surface area contributed by atoms with Crippen molar-refractivity contribution in [2.45, 2.75) is 83.0 Å². The van der Waals surface area contributed by atoms with Crippen LogP contribution in [0.4, 0.5) is 0 Å². The molecule has 1 N–H and O–H groups in total. The molecule has 0 spiro atoms. The van der Waals surface area contributed by atoms with Gasteiger partial charge in [-0.2, -0.15) is 0 Å². The minimum Gasteiger partial charge on any atom is -0.478 e. The summed E-state index contributed by atoms with van der Waals surface area (Å²) in [6.07, 6.45) is 4.53. The molecular weight excluding hydrogens is 368 g/mol. The summed E-state index contributed by atoms with van der Waals surface area (Å²) in [6, 6.07) is 12.4. The number of benzene rings is 2. The van der Waals surface area contributed by atoms with Gasteiger partial charge in [-0.25, -0.2) is 4.79 Å². The third kappa shape index (κ3) is 3.41. The highest BCUT2D eigenvalue weighted by Gasteiger charge is 2.40. The van der Waals surface area contributed by atoms with Gasteiger partial charge < -0.3 is 5.11 Å². The lowest BCUT2D eigenvalue weighted by atomic mass is 9.62. The van der Waals surface area contributed by atoms with E-state index in [-0.39, 0.29) is 10.8 Å². The van der Waals surface area contributed by atoms with Crippen molar-refractivity contribution >= 4 is 5.97 Å². The number of aromatic carboxylic acids is 1. The lowest BCUT2D eigenvalue weighted by molar-refractivity contribution is 0.0697. The van der Waals surface area contributed by atoms with E-state index in [2.05, 4.69) is 53.3 Å². The SMILES string of the molecule is C=C1CCC(c2ccc(C(=O)O)cc2)C1c1cc2c(cc1C)C(C)(C)CCC2(C)C. The molecule has 2 aromatic carbocycles. The molecule has 2 nitrogen and oxygen atoms in total. The van der Waals surface area contributed by atoms with Crippen LogP contribution in [0.5, 0.6) is 0 Å². The van der Waals surface area contributed by atoms with Crippen LogP contribution in [0.25, 0.3) is 0 Å². The normalized spacial score (nSPS) is 24.5. The maximum absolute atomic E-state index is 11.3. The van der Waals surface area contributed by atoms with Crippen molar-refractivity contribution in [2.75, 3.05) is 0 Å². The van der Waals surface area contributed by atoms with Crippen LogP contribution in [0.1, 0.15) is 103 Å². The van der Waals surface area contributed by atoms with Crippen molar-refractivity contribution < 1.29 is 9.90 Å². The molecule has 0 heterocycles. The van der Waals surface area contributed by atoms with Crippen molar-refractivity contribution in [3.63, 3.8) is 0 Å². The summed E-state index contributed by atoms with van der Waals surface area (Å²) in [5.74, 6) is -0.215. The Kier molecular flexibility index (Phi) is 4.96. The first kappa shape index (κ1) is 20.9. The van der Waals surface area contributed by atoms with Gasteiger partial charge in [-0.3, -0.25) is 0 Å². The summed E-state index contributed by atoms with van der Waals surface area (Å²) in [4.78, 5) is 11.3. The Labute approximate surface area is 181 Å². The number of rotatable bonds is 3. The third-order valence-electron chi connectivity index (χ3n) is 7.78. The molecule has 4 rings (SSSR count). The maximum atomic E-state index is 11.3. The van der Waals surface area contributed by atoms with Gasteiger partial charge >= 0.3 is 5.97 Å². The number of aryl methyl sites for hydroxylation is 1. The Hall–Kier alpha value is -2.35. The molecule has 0 radical (unpaired) electrons. The molecule has 1 saturated carbocycles. The summed E-state index contributed by atoms with van der Waals surface area (Å²) < 4.78 is 0. The van der Waals surface area contributed by atoms with Gasteiger partial charge in [0.1, 0.15) is 0 Å². The van der Waals surface area contributed by atoms with E-state index < -0.39 is 5.97 Å². The molecule has 2 atom stereocenters. The van der Waals surface area contributed by atoms with E-state index in [1.165, 1.54) is 46.2 Å². The first-order valence-corrected chi connectivity index (χ1v) is 11.2. The lowest BCUT2D eigenvalue weighted by Gasteiger charge is -2.43. The molecule has 2 aliphatic carbocycles. The molecule has 0 amide bonds. The number of carboxylic acids is 1. The quantitative estimate of drug-likeness (QED) is 0.549. The summed E-state index contributed by atoms with van der Waals surface area (Å²) in [5, 5.41) is 9.24. The predicted octanol–water partition coefficient (Wildman–Crippen LogP) is 7.26. The molecule has 2 aliphatic rings. The van der Waals surface area contributed by atoms with Gasteiger partial charge in [0, 0.05) is 5.92 Å². The Bertz CT molecular complexity index is 1010. The predicted molar refractivity (Wildman–Crippen MR) is 124 cm³/mol. The molecule has 0 aromatic heterocycles. The molecule has 0 saturated heterocycles. The van der Waals surface area contributed by atoms with Gasteiger partial charge in [0.2, 0.25) is 0 Å².